The summed E-state index contributed by atoms with van der Waals surface area (Å²) in [7, 11) is 1.41. The van der Waals surface area contributed by atoms with Crippen LogP contribution in [0.15, 0.2) is 24.3 Å². The highest BCUT2D eigenvalue weighted by atomic mass is 19.1. The molecule has 0 saturated carbocycles. The van der Waals surface area contributed by atoms with Gasteiger partial charge in [0, 0.05) is 24.5 Å². The van der Waals surface area contributed by atoms with E-state index < -0.39 is 0 Å². The highest BCUT2D eigenvalue weighted by molar-refractivity contribution is 5.75. The van der Waals surface area contributed by atoms with Crippen molar-refractivity contribution in [2.45, 2.75) is 43.7 Å². The Morgan fingerprint density at radius 3 is 2.70 bits per heavy atom. The average Bonchev–Trinajstić information content (AvgIpc) is 2.84. The standard InChI is InChI=1S/C18H23F2NO2/c1-23-18(22)17-15(12-3-5-13(20)6-4-12)11-14-7-8-16(17)21(14)10-2-9-19/h3-6,14-17H,2,7-11H2,1H3/t14-,15-,16+,17+/m1/s1. The molecular formula is C18H23F2NO2. The molecule has 2 bridgehead atoms. The number of methoxy groups -OCH3 is 1. The Bertz CT molecular complexity index is 548. The van der Waals surface area contributed by atoms with Gasteiger partial charge in [0.1, 0.15) is 5.82 Å². The summed E-state index contributed by atoms with van der Waals surface area (Å²) in [6.45, 7) is 0.357. The number of nitrogens with zero attached hydrogens (tertiary/aromatic N) is 1. The van der Waals surface area contributed by atoms with Gasteiger partial charge in [0.05, 0.1) is 19.7 Å². The number of hydrogen-bond donors (Lipinski definition) is 0. The first-order valence-electron chi connectivity index (χ1n) is 8.30. The van der Waals surface area contributed by atoms with E-state index in [2.05, 4.69) is 4.90 Å². The number of rotatable bonds is 5. The molecule has 0 amide bonds. The van der Waals surface area contributed by atoms with Gasteiger partial charge in [-0.05, 0) is 43.4 Å². The summed E-state index contributed by atoms with van der Waals surface area (Å²) in [6, 6.07) is 6.91. The molecule has 0 radical (unpaired) electrons. The molecule has 0 N–H and O–H groups in total. The van der Waals surface area contributed by atoms with Gasteiger partial charge < -0.3 is 4.74 Å². The molecule has 2 aliphatic rings. The van der Waals surface area contributed by atoms with Crippen LogP contribution in [-0.4, -0.2) is 43.3 Å². The molecule has 2 fully saturated rings. The molecule has 5 heteroatoms. The zero-order valence-corrected chi connectivity index (χ0v) is 13.4. The molecule has 126 valence electrons. The third-order valence-corrected chi connectivity index (χ3v) is 5.39. The minimum absolute atomic E-state index is 0.0437. The molecule has 0 spiro atoms. The molecule has 0 aliphatic carbocycles. The Balaban J connectivity index is 1.88. The monoisotopic (exact) mass is 323 g/mol. The number of ether oxygens (including phenoxy) is 1. The van der Waals surface area contributed by atoms with Crippen LogP contribution < -0.4 is 0 Å². The smallest absolute Gasteiger partial charge is 0.310 e. The van der Waals surface area contributed by atoms with Gasteiger partial charge in [-0.2, -0.15) is 0 Å². The fourth-order valence-electron chi connectivity index (χ4n) is 4.41. The number of benzene rings is 1. The lowest BCUT2D eigenvalue weighted by Gasteiger charge is -2.43. The second kappa shape index (κ2) is 6.95. The highest BCUT2D eigenvalue weighted by Gasteiger charge is 2.50. The largest absolute Gasteiger partial charge is 0.469 e. The number of esters is 1. The lowest BCUT2D eigenvalue weighted by molar-refractivity contribution is -0.150. The van der Waals surface area contributed by atoms with Crippen molar-refractivity contribution in [2.75, 3.05) is 20.3 Å². The summed E-state index contributed by atoms with van der Waals surface area (Å²) in [4.78, 5) is 14.7. The van der Waals surface area contributed by atoms with Crippen molar-refractivity contribution >= 4 is 5.97 Å². The van der Waals surface area contributed by atoms with Crippen molar-refractivity contribution in [1.82, 2.24) is 4.90 Å². The van der Waals surface area contributed by atoms with Crippen LogP contribution in [0, 0.1) is 11.7 Å². The van der Waals surface area contributed by atoms with E-state index in [9.17, 15) is 13.6 Å². The van der Waals surface area contributed by atoms with E-state index in [-0.39, 0.29) is 36.3 Å². The predicted molar refractivity (Wildman–Crippen MR) is 83.4 cm³/mol. The number of alkyl halides is 1. The summed E-state index contributed by atoms with van der Waals surface area (Å²) < 4.78 is 30.8. The first kappa shape index (κ1) is 16.4. The number of fused-ring (bicyclic) bond motifs is 2. The number of piperidine rings is 1. The zero-order valence-electron chi connectivity index (χ0n) is 13.4. The topological polar surface area (TPSA) is 29.5 Å². The van der Waals surface area contributed by atoms with Crippen LogP contribution in [0.2, 0.25) is 0 Å². The van der Waals surface area contributed by atoms with Gasteiger partial charge in [0.25, 0.3) is 0 Å². The number of halogens is 2. The fraction of sp³-hybridized carbons (Fsp3) is 0.611. The molecule has 3 rings (SSSR count). The van der Waals surface area contributed by atoms with Crippen LogP contribution in [0.4, 0.5) is 8.78 Å². The summed E-state index contributed by atoms with van der Waals surface area (Å²) in [5.74, 6) is -0.701. The molecule has 1 aromatic carbocycles. The number of carbonyl (C=O) groups is 1. The van der Waals surface area contributed by atoms with E-state index in [1.165, 1.54) is 19.2 Å². The predicted octanol–water partition coefficient (Wildman–Crippen LogP) is 3.29. The maximum absolute atomic E-state index is 13.2. The molecule has 2 heterocycles. The summed E-state index contributed by atoms with van der Waals surface area (Å²) in [5, 5.41) is 0. The second-order valence-electron chi connectivity index (χ2n) is 6.52. The fourth-order valence-corrected chi connectivity index (χ4v) is 4.41. The molecule has 0 aromatic heterocycles. The minimum Gasteiger partial charge on any atom is -0.469 e. The molecule has 1 aromatic rings. The van der Waals surface area contributed by atoms with Crippen molar-refractivity contribution < 1.29 is 18.3 Å². The van der Waals surface area contributed by atoms with Crippen molar-refractivity contribution in [3.63, 3.8) is 0 Å². The maximum atomic E-state index is 13.2. The average molecular weight is 323 g/mol. The normalized spacial score (nSPS) is 30.4. The van der Waals surface area contributed by atoms with Gasteiger partial charge in [-0.15, -0.1) is 0 Å². The van der Waals surface area contributed by atoms with E-state index >= 15 is 0 Å². The summed E-state index contributed by atoms with van der Waals surface area (Å²) >= 11 is 0. The quantitative estimate of drug-likeness (QED) is 0.779. The second-order valence-corrected chi connectivity index (χ2v) is 6.52. The van der Waals surface area contributed by atoms with E-state index in [4.69, 9.17) is 4.74 Å². The van der Waals surface area contributed by atoms with E-state index in [0.717, 1.165) is 24.8 Å². The van der Waals surface area contributed by atoms with Gasteiger partial charge in [0.15, 0.2) is 0 Å². The Hall–Kier alpha value is -1.49. The Kier molecular flexibility index (Phi) is 4.95. The minimum atomic E-state index is -0.333. The Morgan fingerprint density at radius 1 is 1.30 bits per heavy atom. The van der Waals surface area contributed by atoms with Crippen molar-refractivity contribution in [3.05, 3.63) is 35.6 Å². The van der Waals surface area contributed by atoms with E-state index in [0.29, 0.717) is 19.0 Å². The maximum Gasteiger partial charge on any atom is 0.310 e. The van der Waals surface area contributed by atoms with E-state index in [1.54, 1.807) is 12.1 Å². The Morgan fingerprint density at radius 2 is 2.04 bits per heavy atom. The Labute approximate surface area is 135 Å². The lowest BCUT2D eigenvalue weighted by atomic mass is 9.76. The third kappa shape index (κ3) is 3.11. The first-order valence-corrected chi connectivity index (χ1v) is 8.30. The first-order chi connectivity index (χ1) is 11.2. The number of hydrogen-bond acceptors (Lipinski definition) is 3. The van der Waals surface area contributed by atoms with Crippen LogP contribution in [-0.2, 0) is 9.53 Å². The number of carbonyl (C=O) groups excluding carboxylic acids is 1. The molecule has 23 heavy (non-hydrogen) atoms. The molecule has 3 nitrogen and oxygen atoms in total. The lowest BCUT2D eigenvalue weighted by Crippen LogP contribution is -2.51. The van der Waals surface area contributed by atoms with Gasteiger partial charge in [-0.1, -0.05) is 12.1 Å². The van der Waals surface area contributed by atoms with Crippen molar-refractivity contribution in [2.24, 2.45) is 5.92 Å². The van der Waals surface area contributed by atoms with Crippen LogP contribution in [0.1, 0.15) is 37.2 Å². The van der Waals surface area contributed by atoms with E-state index in [1.807, 2.05) is 0 Å². The van der Waals surface area contributed by atoms with Gasteiger partial charge in [0.2, 0.25) is 0 Å². The zero-order chi connectivity index (χ0) is 16.4. The summed E-state index contributed by atoms with van der Waals surface area (Å²) in [5.41, 5.74) is 0.990. The SMILES string of the molecule is COC(=O)[C@H]1[C@@H](c2ccc(F)cc2)C[C@H]2CC[C@@H]1N2CCCF. The molecular weight excluding hydrogens is 300 g/mol. The van der Waals surface area contributed by atoms with Gasteiger partial charge in [-0.3, -0.25) is 14.1 Å². The van der Waals surface area contributed by atoms with Gasteiger partial charge in [-0.25, -0.2) is 4.39 Å². The van der Waals surface area contributed by atoms with Gasteiger partial charge >= 0.3 is 5.97 Å². The molecule has 2 aliphatic heterocycles. The molecule has 4 atom stereocenters. The van der Waals surface area contributed by atoms with Crippen LogP contribution in [0.25, 0.3) is 0 Å². The van der Waals surface area contributed by atoms with Crippen molar-refractivity contribution in [3.8, 4) is 0 Å². The molecule has 2 saturated heterocycles. The highest BCUT2D eigenvalue weighted by Crippen LogP contribution is 2.47. The van der Waals surface area contributed by atoms with Crippen LogP contribution >= 0.6 is 0 Å². The van der Waals surface area contributed by atoms with Crippen LogP contribution in [0.5, 0.6) is 0 Å². The third-order valence-electron chi connectivity index (χ3n) is 5.39. The van der Waals surface area contributed by atoms with Crippen LogP contribution in [0.3, 0.4) is 0 Å². The summed E-state index contributed by atoms with van der Waals surface area (Å²) in [6.07, 6.45) is 3.31. The molecule has 0 unspecified atom stereocenters. The van der Waals surface area contributed by atoms with Crippen molar-refractivity contribution in [1.29, 1.82) is 0 Å².